The monoisotopic (exact) mass is 349 g/mol. The number of halogens is 1. The van der Waals surface area contributed by atoms with Crippen molar-refractivity contribution in [3.05, 3.63) is 28.0 Å². The molecule has 2 aliphatic heterocycles. The van der Waals surface area contributed by atoms with Crippen LogP contribution < -0.4 is 16.0 Å². The molecule has 132 valence electrons. The van der Waals surface area contributed by atoms with Crippen LogP contribution in [0, 0.1) is 5.82 Å². The fourth-order valence-electron chi connectivity index (χ4n) is 3.52. The third kappa shape index (κ3) is 2.15. The van der Waals surface area contributed by atoms with Gasteiger partial charge in [-0.1, -0.05) is 6.92 Å². The number of nitrogens with one attached hydrogen (secondary N) is 1. The Morgan fingerprint density at radius 3 is 2.92 bits per heavy atom. The van der Waals surface area contributed by atoms with Crippen molar-refractivity contribution in [2.24, 2.45) is 7.05 Å². The summed E-state index contributed by atoms with van der Waals surface area (Å²) in [4.78, 5) is 36.8. The number of benzene rings is 1. The molecular weight excluding hydrogens is 333 g/mol. The van der Waals surface area contributed by atoms with Crippen molar-refractivity contribution in [2.45, 2.75) is 31.9 Å². The van der Waals surface area contributed by atoms with Crippen molar-refractivity contribution in [3.63, 3.8) is 0 Å². The lowest BCUT2D eigenvalue weighted by Gasteiger charge is -2.16. The third-order valence-corrected chi connectivity index (χ3v) is 4.79. The molecule has 0 saturated carbocycles. The number of rotatable bonds is 3. The van der Waals surface area contributed by atoms with Crippen molar-refractivity contribution < 1.29 is 23.1 Å². The van der Waals surface area contributed by atoms with E-state index in [-0.39, 0.29) is 29.6 Å². The highest BCUT2D eigenvalue weighted by molar-refractivity contribution is 5.98. The molecule has 0 bridgehead atoms. The van der Waals surface area contributed by atoms with Crippen LogP contribution in [0.1, 0.15) is 18.9 Å². The van der Waals surface area contributed by atoms with Crippen molar-refractivity contribution in [2.75, 3.05) is 11.4 Å². The van der Waals surface area contributed by atoms with Crippen LogP contribution in [0.5, 0.6) is 0 Å². The molecule has 0 unspecified atom stereocenters. The van der Waals surface area contributed by atoms with E-state index in [9.17, 15) is 18.8 Å². The highest BCUT2D eigenvalue weighted by atomic mass is 19.1. The number of aryl methyl sites for hydroxylation is 1. The Balaban J connectivity index is 1.74. The minimum Gasteiger partial charge on any atom is -0.442 e. The molecule has 2 aliphatic rings. The molecule has 2 aromatic rings. The number of carbonyl (C=O) groups excluding carboxylic acids is 2. The maximum absolute atomic E-state index is 14.4. The van der Waals surface area contributed by atoms with Crippen LogP contribution in [0.4, 0.5) is 14.9 Å². The van der Waals surface area contributed by atoms with E-state index in [1.165, 1.54) is 18.0 Å². The number of amides is 2. The fraction of sp³-hybridized carbons (Fsp3) is 0.438. The molecule has 2 atom stereocenters. The zero-order valence-corrected chi connectivity index (χ0v) is 13.7. The smallest absolute Gasteiger partial charge is 0.419 e. The Hall–Kier alpha value is -2.84. The third-order valence-electron chi connectivity index (χ3n) is 4.79. The molecule has 1 saturated heterocycles. The minimum atomic E-state index is -0.663. The molecule has 1 fully saturated rings. The molecular formula is C16H16FN3O5. The van der Waals surface area contributed by atoms with Gasteiger partial charge in [0.25, 0.3) is 0 Å². The summed E-state index contributed by atoms with van der Waals surface area (Å²) in [5, 5.41) is 2.70. The predicted molar refractivity (Wildman–Crippen MR) is 85.0 cm³/mol. The van der Waals surface area contributed by atoms with E-state index < -0.39 is 23.8 Å². The van der Waals surface area contributed by atoms with Gasteiger partial charge < -0.3 is 14.5 Å². The second-order valence-electron chi connectivity index (χ2n) is 6.18. The molecule has 1 N–H and O–H groups in total. The first kappa shape index (κ1) is 15.7. The number of fused-ring (bicyclic) bond motifs is 5. The lowest BCUT2D eigenvalue weighted by atomic mass is 10.0. The van der Waals surface area contributed by atoms with Crippen molar-refractivity contribution in [1.29, 1.82) is 0 Å². The summed E-state index contributed by atoms with van der Waals surface area (Å²) in [5.41, 5.74) is 1.18. The summed E-state index contributed by atoms with van der Waals surface area (Å²) in [6.07, 6.45) is -0.464. The van der Waals surface area contributed by atoms with Crippen LogP contribution in [0.15, 0.2) is 15.3 Å². The number of aromatic nitrogens is 1. The van der Waals surface area contributed by atoms with Gasteiger partial charge in [-0.25, -0.2) is 14.0 Å². The Morgan fingerprint density at radius 2 is 2.20 bits per heavy atom. The van der Waals surface area contributed by atoms with Crippen molar-refractivity contribution >= 4 is 28.8 Å². The number of cyclic esters (lactones) is 1. The van der Waals surface area contributed by atoms with Crippen LogP contribution in [0.3, 0.4) is 0 Å². The quantitative estimate of drug-likeness (QED) is 0.894. The summed E-state index contributed by atoms with van der Waals surface area (Å²) >= 11 is 0. The number of carbonyl (C=O) groups is 2. The van der Waals surface area contributed by atoms with Gasteiger partial charge >= 0.3 is 11.8 Å². The lowest BCUT2D eigenvalue weighted by Crippen LogP contribution is -2.40. The molecule has 25 heavy (non-hydrogen) atoms. The van der Waals surface area contributed by atoms with Gasteiger partial charge in [-0.3, -0.25) is 14.3 Å². The second kappa shape index (κ2) is 5.33. The van der Waals surface area contributed by atoms with E-state index in [2.05, 4.69) is 5.32 Å². The molecule has 0 aliphatic carbocycles. The number of nitrogens with zero attached hydrogens (tertiary/aromatic N) is 2. The molecule has 4 rings (SSSR count). The number of oxazole rings is 1. The molecule has 3 heterocycles. The maximum atomic E-state index is 14.4. The molecule has 0 spiro atoms. The second-order valence-corrected chi connectivity index (χ2v) is 6.18. The zero-order valence-electron chi connectivity index (χ0n) is 13.7. The van der Waals surface area contributed by atoms with Gasteiger partial charge in [0.2, 0.25) is 5.91 Å². The molecule has 1 aromatic heterocycles. The van der Waals surface area contributed by atoms with Crippen LogP contribution in [0.2, 0.25) is 0 Å². The summed E-state index contributed by atoms with van der Waals surface area (Å²) in [6.45, 7) is 1.91. The average molecular weight is 349 g/mol. The largest absolute Gasteiger partial charge is 0.442 e. The van der Waals surface area contributed by atoms with E-state index in [4.69, 9.17) is 9.15 Å². The van der Waals surface area contributed by atoms with Gasteiger partial charge in [0.15, 0.2) is 11.4 Å². The van der Waals surface area contributed by atoms with E-state index >= 15 is 0 Å². The van der Waals surface area contributed by atoms with Gasteiger partial charge in [-0.15, -0.1) is 0 Å². The van der Waals surface area contributed by atoms with E-state index in [0.29, 0.717) is 24.1 Å². The topological polar surface area (TPSA) is 93.8 Å². The standard InChI is InChI=1S/C16H16FN3O5/c1-3-12(21)18-6-11-10-4-7-9(20(10)16(23)24-11)5-8(17)13-14(7)25-15(22)19(13)2/h5,10-11H,3-4,6H2,1-2H3,(H,18,21)/t10-,11-/m0/s1. The summed E-state index contributed by atoms with van der Waals surface area (Å²) in [6, 6.07) is 0.844. The average Bonchev–Trinajstić information content (AvgIpc) is 3.19. The minimum absolute atomic E-state index is 0.0779. The van der Waals surface area contributed by atoms with Gasteiger partial charge in [0.1, 0.15) is 11.6 Å². The zero-order chi connectivity index (χ0) is 17.9. The van der Waals surface area contributed by atoms with E-state index in [1.54, 1.807) is 6.92 Å². The van der Waals surface area contributed by atoms with Gasteiger partial charge in [-0.05, 0) is 0 Å². The molecule has 9 heteroatoms. The summed E-state index contributed by atoms with van der Waals surface area (Å²) < 4.78 is 26.0. The molecule has 1 aromatic carbocycles. The van der Waals surface area contributed by atoms with Crippen LogP contribution in [0.25, 0.3) is 11.1 Å². The fourth-order valence-corrected chi connectivity index (χ4v) is 3.52. The van der Waals surface area contributed by atoms with E-state index in [1.807, 2.05) is 0 Å². The first-order chi connectivity index (χ1) is 11.9. The number of ether oxygens (including phenoxy) is 1. The van der Waals surface area contributed by atoms with Gasteiger partial charge in [0, 0.05) is 31.5 Å². The van der Waals surface area contributed by atoms with Gasteiger partial charge in [0.05, 0.1) is 18.3 Å². The molecule has 0 radical (unpaired) electrons. The van der Waals surface area contributed by atoms with Crippen LogP contribution in [-0.4, -0.2) is 35.3 Å². The first-order valence-electron chi connectivity index (χ1n) is 7.99. The highest BCUT2D eigenvalue weighted by Gasteiger charge is 2.49. The highest BCUT2D eigenvalue weighted by Crippen LogP contribution is 2.42. The number of anilines is 1. The number of hydrogen-bond acceptors (Lipinski definition) is 5. The number of hydrogen-bond donors (Lipinski definition) is 1. The van der Waals surface area contributed by atoms with Crippen molar-refractivity contribution in [1.82, 2.24) is 9.88 Å². The summed E-state index contributed by atoms with van der Waals surface area (Å²) in [7, 11) is 1.43. The normalized spacial score (nSPS) is 21.4. The molecule has 2 amide bonds. The predicted octanol–water partition coefficient (Wildman–Crippen LogP) is 1.05. The lowest BCUT2D eigenvalue weighted by molar-refractivity contribution is -0.121. The van der Waals surface area contributed by atoms with Gasteiger partial charge in [-0.2, -0.15) is 0 Å². The van der Waals surface area contributed by atoms with Crippen LogP contribution in [-0.2, 0) is 23.0 Å². The molecule has 8 nitrogen and oxygen atoms in total. The Kier molecular flexibility index (Phi) is 3.34. The Morgan fingerprint density at radius 1 is 1.44 bits per heavy atom. The Bertz CT molecular complexity index is 963. The van der Waals surface area contributed by atoms with Crippen LogP contribution >= 0.6 is 0 Å². The summed E-state index contributed by atoms with van der Waals surface area (Å²) in [5.74, 6) is -1.45. The van der Waals surface area contributed by atoms with E-state index in [0.717, 1.165) is 4.57 Å². The Labute approximate surface area is 141 Å². The SMILES string of the molecule is CCC(=O)NC[C@@H]1OC(=O)N2c3cc(F)c4c(oc(=O)n4C)c3C[C@@H]12. The van der Waals surface area contributed by atoms with Crippen molar-refractivity contribution in [3.8, 4) is 0 Å². The maximum Gasteiger partial charge on any atom is 0.419 e. The first-order valence-corrected chi connectivity index (χ1v) is 7.99.